The van der Waals surface area contributed by atoms with E-state index < -0.39 is 5.41 Å². The van der Waals surface area contributed by atoms with Crippen molar-refractivity contribution in [3.63, 3.8) is 0 Å². The summed E-state index contributed by atoms with van der Waals surface area (Å²) < 4.78 is 0. The molecule has 0 radical (unpaired) electrons. The first kappa shape index (κ1) is 21.5. The van der Waals surface area contributed by atoms with Gasteiger partial charge >= 0.3 is 0 Å². The van der Waals surface area contributed by atoms with Gasteiger partial charge in [-0.15, -0.1) is 0 Å². The lowest BCUT2D eigenvalue weighted by atomic mass is 9.86. The molecule has 0 aliphatic carbocycles. The first-order chi connectivity index (χ1) is 13.8. The molecule has 1 saturated heterocycles. The van der Waals surface area contributed by atoms with Gasteiger partial charge in [0.15, 0.2) is 0 Å². The predicted octanol–water partition coefficient (Wildman–Crippen LogP) is 4.80. The molecule has 3 atom stereocenters. The van der Waals surface area contributed by atoms with Crippen LogP contribution in [0.15, 0.2) is 54.7 Å². The van der Waals surface area contributed by atoms with Crippen molar-refractivity contribution in [2.75, 3.05) is 19.6 Å². The minimum Gasteiger partial charge on any atom is -0.347 e. The Balaban J connectivity index is 1.73. The molecule has 2 heterocycles. The van der Waals surface area contributed by atoms with E-state index in [1.54, 1.807) is 0 Å². The largest absolute Gasteiger partial charge is 0.347 e. The van der Waals surface area contributed by atoms with Gasteiger partial charge in [-0.25, -0.2) is 0 Å². The Morgan fingerprint density at radius 2 is 1.90 bits per heavy atom. The van der Waals surface area contributed by atoms with E-state index >= 15 is 0 Å². The molecule has 29 heavy (non-hydrogen) atoms. The van der Waals surface area contributed by atoms with E-state index in [1.807, 2.05) is 45.2 Å². The summed E-state index contributed by atoms with van der Waals surface area (Å²) in [6.45, 7) is 11.4. The number of pyridine rings is 1. The molecule has 156 valence electrons. The third kappa shape index (κ3) is 5.89. The van der Waals surface area contributed by atoms with Gasteiger partial charge in [0.25, 0.3) is 0 Å². The van der Waals surface area contributed by atoms with Crippen molar-refractivity contribution in [2.45, 2.75) is 52.5 Å². The number of aromatic nitrogens is 1. The minimum atomic E-state index is -0.413. The number of hydrogen-bond donors (Lipinski definition) is 1. The van der Waals surface area contributed by atoms with Crippen molar-refractivity contribution < 1.29 is 4.79 Å². The lowest BCUT2D eigenvalue weighted by Crippen LogP contribution is -2.46. The fourth-order valence-corrected chi connectivity index (χ4v) is 4.15. The second-order valence-corrected chi connectivity index (χ2v) is 9.43. The molecule has 0 saturated carbocycles. The third-order valence-corrected chi connectivity index (χ3v) is 5.89. The van der Waals surface area contributed by atoms with E-state index in [9.17, 15) is 4.79 Å². The highest BCUT2D eigenvalue weighted by atomic mass is 16.2. The topological polar surface area (TPSA) is 45.2 Å². The van der Waals surface area contributed by atoms with Gasteiger partial charge in [-0.2, -0.15) is 0 Å². The van der Waals surface area contributed by atoms with Gasteiger partial charge in [0.05, 0.1) is 11.7 Å². The molecule has 0 bridgehead atoms. The molecule has 0 spiro atoms. The zero-order chi connectivity index (χ0) is 20.9. The third-order valence-electron chi connectivity index (χ3n) is 5.89. The van der Waals surface area contributed by atoms with Crippen molar-refractivity contribution in [3.05, 3.63) is 66.0 Å². The Hall–Kier alpha value is -2.20. The molecule has 1 aliphatic rings. The molecule has 1 aliphatic heterocycles. The summed E-state index contributed by atoms with van der Waals surface area (Å²) in [6.07, 6.45) is 4.09. The number of benzene rings is 1. The van der Waals surface area contributed by atoms with E-state index in [4.69, 9.17) is 0 Å². The van der Waals surface area contributed by atoms with Crippen molar-refractivity contribution in [1.82, 2.24) is 15.2 Å². The molecule has 1 aromatic heterocycles. The Morgan fingerprint density at radius 3 is 2.55 bits per heavy atom. The van der Waals surface area contributed by atoms with Crippen LogP contribution in [0.1, 0.15) is 63.8 Å². The molecule has 2 aromatic rings. The normalized spacial score (nSPS) is 20.1. The van der Waals surface area contributed by atoms with Gasteiger partial charge < -0.3 is 10.2 Å². The van der Waals surface area contributed by atoms with Crippen LogP contribution in [0.25, 0.3) is 0 Å². The molecular formula is C25H35N3O. The first-order valence-electron chi connectivity index (χ1n) is 10.8. The van der Waals surface area contributed by atoms with Crippen LogP contribution in [-0.2, 0) is 4.79 Å². The molecule has 1 fully saturated rings. The van der Waals surface area contributed by atoms with Crippen LogP contribution in [-0.4, -0.2) is 35.4 Å². The van der Waals surface area contributed by atoms with Crippen molar-refractivity contribution >= 4 is 5.91 Å². The summed E-state index contributed by atoms with van der Waals surface area (Å²) in [5.74, 6) is 0.947. The molecule has 4 nitrogen and oxygen atoms in total. The highest BCUT2D eigenvalue weighted by molar-refractivity contribution is 5.81. The van der Waals surface area contributed by atoms with Crippen LogP contribution < -0.4 is 5.32 Å². The van der Waals surface area contributed by atoms with E-state index in [-0.39, 0.29) is 11.9 Å². The van der Waals surface area contributed by atoms with Crippen LogP contribution in [0.4, 0.5) is 0 Å². The van der Waals surface area contributed by atoms with Crippen molar-refractivity contribution in [1.29, 1.82) is 0 Å². The number of likely N-dealkylation sites (tertiary alicyclic amines) is 1. The molecule has 3 rings (SSSR count). The molecule has 1 N–H and O–H groups in total. The molecular weight excluding hydrogens is 358 g/mol. The van der Waals surface area contributed by atoms with Gasteiger partial charge in [-0.3, -0.25) is 9.78 Å². The van der Waals surface area contributed by atoms with Gasteiger partial charge in [0.1, 0.15) is 0 Å². The zero-order valence-electron chi connectivity index (χ0n) is 18.3. The number of carbonyl (C=O) groups excluding carboxylic acids is 1. The highest BCUT2D eigenvalue weighted by Gasteiger charge is 2.33. The van der Waals surface area contributed by atoms with Gasteiger partial charge in [0.2, 0.25) is 5.91 Å². The van der Waals surface area contributed by atoms with E-state index in [0.29, 0.717) is 11.8 Å². The maximum absolute atomic E-state index is 12.8. The Bertz CT molecular complexity index is 770. The maximum atomic E-state index is 12.8. The number of piperidine rings is 1. The van der Waals surface area contributed by atoms with E-state index in [2.05, 4.69) is 52.5 Å². The van der Waals surface area contributed by atoms with Crippen molar-refractivity contribution in [2.24, 2.45) is 11.3 Å². The number of nitrogens with zero attached hydrogens (tertiary/aromatic N) is 2. The Morgan fingerprint density at radius 1 is 1.17 bits per heavy atom. The van der Waals surface area contributed by atoms with Gasteiger partial charge in [0, 0.05) is 24.7 Å². The lowest BCUT2D eigenvalue weighted by molar-refractivity contribution is -0.130. The van der Waals surface area contributed by atoms with Crippen LogP contribution in [0.3, 0.4) is 0 Å². The van der Waals surface area contributed by atoms with Gasteiger partial charge in [-0.1, -0.05) is 64.1 Å². The summed E-state index contributed by atoms with van der Waals surface area (Å²) in [7, 11) is 0. The summed E-state index contributed by atoms with van der Waals surface area (Å²) in [4.78, 5) is 19.9. The smallest absolute Gasteiger partial charge is 0.225 e. The number of hydrogen-bond acceptors (Lipinski definition) is 3. The van der Waals surface area contributed by atoms with E-state index in [0.717, 1.165) is 38.2 Å². The molecule has 0 unspecified atom stereocenters. The summed E-state index contributed by atoms with van der Waals surface area (Å²) >= 11 is 0. The number of carbonyl (C=O) groups is 1. The van der Waals surface area contributed by atoms with E-state index in [1.165, 1.54) is 5.56 Å². The standard InChI is InChI=1S/C25H35N3O/c1-19(20-11-6-5-7-12-20)17-28-16-10-13-21(18-28)23(22-14-8-9-15-26-22)27-24(29)25(2,3)4/h5-9,11-12,14-15,19,21,23H,10,13,16-18H2,1-4H3,(H,27,29)/t19-,21-,23-/m0/s1. The summed E-state index contributed by atoms with van der Waals surface area (Å²) in [5.41, 5.74) is 1.94. The average molecular weight is 394 g/mol. The van der Waals surface area contributed by atoms with Crippen LogP contribution in [0.5, 0.6) is 0 Å². The number of rotatable bonds is 6. The fourth-order valence-electron chi connectivity index (χ4n) is 4.15. The summed E-state index contributed by atoms with van der Waals surface area (Å²) in [5, 5.41) is 3.32. The highest BCUT2D eigenvalue weighted by Crippen LogP contribution is 2.31. The summed E-state index contributed by atoms with van der Waals surface area (Å²) in [6, 6.07) is 16.7. The minimum absolute atomic E-state index is 0.0437. The first-order valence-corrected chi connectivity index (χ1v) is 10.8. The SMILES string of the molecule is C[C@@H](CN1CCC[C@H]([C@H](NC(=O)C(C)(C)C)c2ccccn2)C1)c1ccccc1. The van der Waals surface area contributed by atoms with Gasteiger partial charge in [-0.05, 0) is 48.9 Å². The second kappa shape index (κ2) is 9.53. The molecule has 1 amide bonds. The fraction of sp³-hybridized carbons (Fsp3) is 0.520. The average Bonchev–Trinajstić information content (AvgIpc) is 2.72. The lowest BCUT2D eigenvalue weighted by Gasteiger charge is -2.39. The Kier molecular flexibility index (Phi) is 7.07. The predicted molar refractivity (Wildman–Crippen MR) is 119 cm³/mol. The van der Waals surface area contributed by atoms with Crippen molar-refractivity contribution in [3.8, 4) is 0 Å². The number of nitrogens with one attached hydrogen (secondary N) is 1. The molecule has 4 heteroatoms. The quantitative estimate of drug-likeness (QED) is 0.767. The Labute approximate surface area is 175 Å². The maximum Gasteiger partial charge on any atom is 0.225 e. The zero-order valence-corrected chi connectivity index (χ0v) is 18.3. The number of amides is 1. The second-order valence-electron chi connectivity index (χ2n) is 9.43. The monoisotopic (exact) mass is 393 g/mol. The van der Waals surface area contributed by atoms with Crippen LogP contribution in [0, 0.1) is 11.3 Å². The molecule has 1 aromatic carbocycles. The van der Waals surface area contributed by atoms with Crippen LogP contribution in [0.2, 0.25) is 0 Å². The van der Waals surface area contributed by atoms with Crippen LogP contribution >= 0.6 is 0 Å².